The average Bonchev–Trinajstić information content (AvgIpc) is 2.92. The molecule has 1 aromatic carbocycles. The summed E-state index contributed by atoms with van der Waals surface area (Å²) >= 11 is 0. The van der Waals surface area contributed by atoms with E-state index in [2.05, 4.69) is 11.8 Å². The molecule has 1 aliphatic rings. The Labute approximate surface area is 120 Å². The second-order valence-electron chi connectivity index (χ2n) is 5.66. The number of benzene rings is 1. The summed E-state index contributed by atoms with van der Waals surface area (Å²) in [7, 11) is 0. The van der Waals surface area contributed by atoms with E-state index in [-0.39, 0.29) is 6.04 Å². The lowest BCUT2D eigenvalue weighted by Gasteiger charge is -2.28. The third-order valence-corrected chi connectivity index (χ3v) is 4.29. The second-order valence-corrected chi connectivity index (χ2v) is 5.66. The first-order valence-electron chi connectivity index (χ1n) is 7.55. The Balaban J connectivity index is 1.91. The molecule has 1 saturated carbocycles. The van der Waals surface area contributed by atoms with Gasteiger partial charge in [-0.2, -0.15) is 0 Å². The Hall–Kier alpha value is -1.00. The Bertz CT molecular complexity index is 410. The van der Waals surface area contributed by atoms with Gasteiger partial charge in [0.2, 0.25) is 0 Å². The van der Waals surface area contributed by atoms with Crippen molar-refractivity contribution in [2.75, 3.05) is 13.1 Å². The summed E-state index contributed by atoms with van der Waals surface area (Å²) in [5, 5.41) is 0. The smallest absolute Gasteiger partial charge is 0.126 e. The van der Waals surface area contributed by atoms with Crippen LogP contribution in [0.2, 0.25) is 0 Å². The minimum atomic E-state index is -0.557. The molecule has 0 aromatic heterocycles. The van der Waals surface area contributed by atoms with Gasteiger partial charge in [-0.15, -0.1) is 0 Å². The lowest BCUT2D eigenvalue weighted by molar-refractivity contribution is 0.201. The molecule has 2 N–H and O–H groups in total. The summed E-state index contributed by atoms with van der Waals surface area (Å²) in [5.41, 5.74) is 6.62. The molecule has 0 radical (unpaired) electrons. The van der Waals surface area contributed by atoms with E-state index in [9.17, 15) is 8.78 Å². The number of rotatable bonds is 6. The van der Waals surface area contributed by atoms with Crippen LogP contribution in [0.3, 0.4) is 0 Å². The van der Waals surface area contributed by atoms with Crippen LogP contribution >= 0.6 is 0 Å². The molecule has 0 saturated heterocycles. The van der Waals surface area contributed by atoms with E-state index in [0.29, 0.717) is 11.6 Å². The zero-order chi connectivity index (χ0) is 14.5. The number of nitrogens with two attached hydrogens (primary N) is 1. The third-order valence-electron chi connectivity index (χ3n) is 4.29. The quantitative estimate of drug-likeness (QED) is 0.863. The van der Waals surface area contributed by atoms with Crippen LogP contribution in [0.4, 0.5) is 8.78 Å². The van der Waals surface area contributed by atoms with E-state index in [1.54, 1.807) is 0 Å². The molecular formula is C16H24F2N2. The van der Waals surface area contributed by atoms with Crippen LogP contribution in [0.25, 0.3) is 0 Å². The topological polar surface area (TPSA) is 29.3 Å². The normalized spacial score (nSPS) is 17.9. The number of hydrogen-bond acceptors (Lipinski definition) is 2. The van der Waals surface area contributed by atoms with E-state index < -0.39 is 11.6 Å². The summed E-state index contributed by atoms with van der Waals surface area (Å²) in [6.45, 7) is 4.06. The fourth-order valence-electron chi connectivity index (χ4n) is 3.13. The second kappa shape index (κ2) is 7.14. The van der Waals surface area contributed by atoms with Crippen LogP contribution in [0.5, 0.6) is 0 Å². The summed E-state index contributed by atoms with van der Waals surface area (Å²) in [5.74, 6) is -1.11. The molecular weight excluding hydrogens is 258 g/mol. The Morgan fingerprint density at radius 2 is 1.80 bits per heavy atom. The highest BCUT2D eigenvalue weighted by Gasteiger charge is 2.21. The van der Waals surface area contributed by atoms with Gasteiger partial charge < -0.3 is 10.6 Å². The van der Waals surface area contributed by atoms with Crippen molar-refractivity contribution in [2.45, 2.75) is 51.1 Å². The summed E-state index contributed by atoms with van der Waals surface area (Å²) in [6.07, 6.45) is 5.87. The molecule has 2 nitrogen and oxygen atoms in total. The molecule has 20 heavy (non-hydrogen) atoms. The van der Waals surface area contributed by atoms with Crippen molar-refractivity contribution in [3.05, 3.63) is 35.4 Å². The first-order valence-corrected chi connectivity index (χ1v) is 7.55. The van der Waals surface area contributed by atoms with Crippen molar-refractivity contribution in [3.8, 4) is 0 Å². The van der Waals surface area contributed by atoms with Crippen LogP contribution in [0.15, 0.2) is 18.2 Å². The lowest BCUT2D eigenvalue weighted by Crippen LogP contribution is -2.35. The van der Waals surface area contributed by atoms with Gasteiger partial charge in [0.15, 0.2) is 0 Å². The van der Waals surface area contributed by atoms with Crippen LogP contribution in [0.1, 0.15) is 50.6 Å². The van der Waals surface area contributed by atoms with Crippen LogP contribution in [-0.2, 0) is 0 Å². The Morgan fingerprint density at radius 1 is 1.20 bits per heavy atom. The van der Waals surface area contributed by atoms with Crippen LogP contribution in [0, 0.1) is 11.6 Å². The predicted octanol–water partition coefficient (Wildman–Crippen LogP) is 3.62. The van der Waals surface area contributed by atoms with Crippen molar-refractivity contribution < 1.29 is 8.78 Å². The molecule has 1 aliphatic carbocycles. The summed E-state index contributed by atoms with van der Waals surface area (Å²) in [4.78, 5) is 2.45. The number of nitrogens with zero attached hydrogens (tertiary/aromatic N) is 1. The average molecular weight is 282 g/mol. The minimum absolute atomic E-state index is 0.310. The van der Waals surface area contributed by atoms with Gasteiger partial charge in [-0.05, 0) is 43.5 Å². The van der Waals surface area contributed by atoms with Crippen molar-refractivity contribution in [1.82, 2.24) is 4.90 Å². The molecule has 0 aliphatic heterocycles. The van der Waals surface area contributed by atoms with Gasteiger partial charge in [0, 0.05) is 24.7 Å². The maximum Gasteiger partial charge on any atom is 0.126 e. The highest BCUT2D eigenvalue weighted by Crippen LogP contribution is 2.25. The highest BCUT2D eigenvalue weighted by molar-refractivity contribution is 5.21. The maximum absolute atomic E-state index is 13.2. The molecule has 4 heteroatoms. The molecule has 1 fully saturated rings. The van der Waals surface area contributed by atoms with Crippen molar-refractivity contribution in [2.24, 2.45) is 5.73 Å². The fourth-order valence-corrected chi connectivity index (χ4v) is 3.13. The largest absolute Gasteiger partial charge is 0.324 e. The van der Waals surface area contributed by atoms with Crippen LogP contribution in [-0.4, -0.2) is 24.0 Å². The van der Waals surface area contributed by atoms with Gasteiger partial charge in [0.25, 0.3) is 0 Å². The molecule has 0 spiro atoms. The molecule has 1 aromatic rings. The molecule has 1 atom stereocenters. The highest BCUT2D eigenvalue weighted by atomic mass is 19.1. The Morgan fingerprint density at radius 3 is 2.35 bits per heavy atom. The monoisotopic (exact) mass is 282 g/mol. The number of hydrogen-bond donors (Lipinski definition) is 1. The molecule has 1 unspecified atom stereocenters. The minimum Gasteiger partial charge on any atom is -0.324 e. The van der Waals surface area contributed by atoms with E-state index >= 15 is 0 Å². The van der Waals surface area contributed by atoms with Gasteiger partial charge in [-0.1, -0.05) is 19.8 Å². The third kappa shape index (κ3) is 4.00. The van der Waals surface area contributed by atoms with Gasteiger partial charge in [0.05, 0.1) is 0 Å². The lowest BCUT2D eigenvalue weighted by atomic mass is 10.0. The van der Waals surface area contributed by atoms with Gasteiger partial charge in [-0.3, -0.25) is 0 Å². The summed E-state index contributed by atoms with van der Waals surface area (Å²) < 4.78 is 26.4. The fraction of sp³-hybridized carbons (Fsp3) is 0.625. The predicted molar refractivity (Wildman–Crippen MR) is 77.4 cm³/mol. The Kier molecular flexibility index (Phi) is 5.49. The standard InChI is InChI=1S/C16H24F2N2/c1-2-20(15-5-3-4-6-15)8-7-16(19)12-9-13(17)11-14(18)10-12/h9-11,15-16H,2-8,19H2,1H3. The van der Waals surface area contributed by atoms with Gasteiger partial charge >= 0.3 is 0 Å². The molecule has 0 bridgehead atoms. The first-order chi connectivity index (χ1) is 9.60. The molecule has 2 rings (SSSR count). The van der Waals surface area contributed by atoms with Crippen molar-refractivity contribution in [1.29, 1.82) is 0 Å². The first kappa shape index (κ1) is 15.4. The zero-order valence-electron chi connectivity index (χ0n) is 12.1. The maximum atomic E-state index is 13.2. The van der Waals surface area contributed by atoms with Crippen molar-refractivity contribution in [3.63, 3.8) is 0 Å². The van der Waals surface area contributed by atoms with E-state index in [4.69, 9.17) is 5.73 Å². The van der Waals surface area contributed by atoms with E-state index in [1.807, 2.05) is 0 Å². The molecule has 112 valence electrons. The van der Waals surface area contributed by atoms with Gasteiger partial charge in [0.1, 0.15) is 11.6 Å². The molecule has 0 heterocycles. The van der Waals surface area contributed by atoms with E-state index in [1.165, 1.54) is 37.8 Å². The van der Waals surface area contributed by atoms with Crippen molar-refractivity contribution >= 4 is 0 Å². The van der Waals surface area contributed by atoms with Gasteiger partial charge in [-0.25, -0.2) is 8.78 Å². The van der Waals surface area contributed by atoms with Crippen LogP contribution < -0.4 is 5.73 Å². The van der Waals surface area contributed by atoms with E-state index in [0.717, 1.165) is 25.6 Å². The molecule has 0 amide bonds. The SMILES string of the molecule is CCN(CCC(N)c1cc(F)cc(F)c1)C1CCCC1. The number of halogens is 2. The summed E-state index contributed by atoms with van der Waals surface area (Å²) in [6, 6.07) is 3.90. The zero-order valence-corrected chi connectivity index (χ0v) is 12.1.